The zero-order chi connectivity index (χ0) is 34.1. The molecule has 0 radical (unpaired) electrons. The van der Waals surface area contributed by atoms with Crippen LogP contribution in [0.4, 0.5) is 15.8 Å². The number of sulfonamides is 1. The first-order valence-corrected chi connectivity index (χ1v) is 16.4. The third-order valence-corrected chi connectivity index (χ3v) is 9.08. The van der Waals surface area contributed by atoms with Gasteiger partial charge in [0, 0.05) is 16.3 Å². The van der Waals surface area contributed by atoms with E-state index in [1.54, 1.807) is 84.9 Å². The molecule has 0 aromatic heterocycles. The molecular weight excluding hydrogens is 655 g/mol. The van der Waals surface area contributed by atoms with Gasteiger partial charge in [0.1, 0.15) is 11.6 Å². The molecule has 0 heterocycles. The summed E-state index contributed by atoms with van der Waals surface area (Å²) in [6.45, 7) is 1.59. The van der Waals surface area contributed by atoms with Crippen LogP contribution >= 0.6 is 11.6 Å². The standard InChI is InChI=1S/C36H30ClFN4O5S/c1-25-7-14-29(37)21-34(25)42(48(45,46)33-5-3-2-4-6-33)23-27-8-12-28(13-9-27)36(44)41-39-22-26-10-19-32(20-11-26)47-24-35(43)40-31-17-15-30(38)16-18-31/h2-22H,23-24H2,1H3,(H,40,43)(H,41,44)/b39-22-. The molecule has 48 heavy (non-hydrogen) atoms. The van der Waals surface area contributed by atoms with Crippen LogP contribution in [0.1, 0.15) is 27.0 Å². The summed E-state index contributed by atoms with van der Waals surface area (Å²) in [6, 6.07) is 31.9. The van der Waals surface area contributed by atoms with E-state index in [1.807, 2.05) is 6.92 Å². The normalized spacial score (nSPS) is 11.2. The highest BCUT2D eigenvalue weighted by Crippen LogP contribution is 2.31. The number of carbonyl (C=O) groups excluding carboxylic acids is 2. The number of hydrogen-bond donors (Lipinski definition) is 2. The molecule has 5 aromatic carbocycles. The first-order chi connectivity index (χ1) is 23.1. The molecule has 0 aliphatic heterocycles. The summed E-state index contributed by atoms with van der Waals surface area (Å²) in [5.74, 6) is -0.796. The highest BCUT2D eigenvalue weighted by Gasteiger charge is 2.26. The fourth-order valence-electron chi connectivity index (χ4n) is 4.56. The van der Waals surface area contributed by atoms with Gasteiger partial charge in [-0.1, -0.05) is 48.0 Å². The monoisotopic (exact) mass is 684 g/mol. The number of hydrogen-bond acceptors (Lipinski definition) is 6. The summed E-state index contributed by atoms with van der Waals surface area (Å²) in [4.78, 5) is 25.0. The van der Waals surface area contributed by atoms with Crippen LogP contribution in [0.5, 0.6) is 5.75 Å². The number of amides is 2. The van der Waals surface area contributed by atoms with E-state index in [0.717, 1.165) is 5.56 Å². The van der Waals surface area contributed by atoms with Gasteiger partial charge in [0.05, 0.1) is 23.3 Å². The molecule has 2 amide bonds. The third-order valence-electron chi connectivity index (χ3n) is 7.07. The molecule has 0 atom stereocenters. The van der Waals surface area contributed by atoms with Gasteiger partial charge in [-0.25, -0.2) is 18.2 Å². The van der Waals surface area contributed by atoms with Gasteiger partial charge in [0.25, 0.3) is 21.8 Å². The van der Waals surface area contributed by atoms with Crippen LogP contribution in [0, 0.1) is 12.7 Å². The van der Waals surface area contributed by atoms with Gasteiger partial charge in [-0.3, -0.25) is 13.9 Å². The zero-order valence-electron chi connectivity index (χ0n) is 25.6. The Morgan fingerprint density at radius 3 is 2.27 bits per heavy atom. The lowest BCUT2D eigenvalue weighted by molar-refractivity contribution is -0.118. The predicted octanol–water partition coefficient (Wildman–Crippen LogP) is 6.96. The molecule has 0 spiro atoms. The van der Waals surface area contributed by atoms with Crippen molar-refractivity contribution in [3.63, 3.8) is 0 Å². The van der Waals surface area contributed by atoms with E-state index >= 15 is 0 Å². The predicted molar refractivity (Wildman–Crippen MR) is 184 cm³/mol. The number of benzene rings is 5. The van der Waals surface area contributed by atoms with Crippen LogP contribution in [0.3, 0.4) is 0 Å². The summed E-state index contributed by atoms with van der Waals surface area (Å²) in [6.07, 6.45) is 1.46. The number of nitrogens with zero attached hydrogens (tertiary/aromatic N) is 2. The summed E-state index contributed by atoms with van der Waals surface area (Å²) >= 11 is 6.25. The summed E-state index contributed by atoms with van der Waals surface area (Å²) in [7, 11) is -3.94. The Balaban J connectivity index is 1.18. The summed E-state index contributed by atoms with van der Waals surface area (Å²) < 4.78 is 47.3. The molecule has 0 unspecified atom stereocenters. The topological polar surface area (TPSA) is 117 Å². The van der Waals surface area contributed by atoms with Crippen molar-refractivity contribution in [2.24, 2.45) is 5.10 Å². The largest absolute Gasteiger partial charge is 0.484 e. The highest BCUT2D eigenvalue weighted by molar-refractivity contribution is 7.92. The van der Waals surface area contributed by atoms with E-state index in [4.69, 9.17) is 16.3 Å². The Labute approximate surface area is 282 Å². The van der Waals surface area contributed by atoms with E-state index in [2.05, 4.69) is 15.8 Å². The molecule has 5 aromatic rings. The zero-order valence-corrected chi connectivity index (χ0v) is 27.2. The van der Waals surface area contributed by atoms with Crippen molar-refractivity contribution in [2.75, 3.05) is 16.2 Å². The molecule has 5 rings (SSSR count). The Hall–Kier alpha value is -5.52. The molecule has 0 saturated carbocycles. The second-order valence-corrected chi connectivity index (χ2v) is 12.9. The second-order valence-electron chi connectivity index (χ2n) is 10.6. The number of aryl methyl sites for hydroxylation is 1. The smallest absolute Gasteiger partial charge is 0.271 e. The van der Waals surface area contributed by atoms with Crippen molar-refractivity contribution < 1.29 is 27.1 Å². The first-order valence-electron chi connectivity index (χ1n) is 14.6. The van der Waals surface area contributed by atoms with Gasteiger partial charge in [0.15, 0.2) is 6.61 Å². The van der Waals surface area contributed by atoms with Crippen LogP contribution in [0.25, 0.3) is 0 Å². The molecule has 244 valence electrons. The van der Waals surface area contributed by atoms with E-state index in [9.17, 15) is 22.4 Å². The van der Waals surface area contributed by atoms with E-state index in [0.29, 0.717) is 38.8 Å². The third kappa shape index (κ3) is 8.84. The SMILES string of the molecule is Cc1ccc(Cl)cc1N(Cc1ccc(C(=O)N/N=C\c2ccc(OCC(=O)Nc3ccc(F)cc3)cc2)cc1)S(=O)(=O)c1ccccc1. The lowest BCUT2D eigenvalue weighted by Crippen LogP contribution is -2.31. The number of nitrogens with one attached hydrogen (secondary N) is 2. The van der Waals surface area contributed by atoms with E-state index < -0.39 is 27.7 Å². The molecule has 0 bridgehead atoms. The van der Waals surface area contributed by atoms with Crippen LogP contribution in [0.15, 0.2) is 131 Å². The number of carbonyl (C=O) groups is 2. The van der Waals surface area contributed by atoms with Gasteiger partial charge in [-0.2, -0.15) is 5.10 Å². The van der Waals surface area contributed by atoms with Crippen molar-refractivity contribution in [3.05, 3.63) is 154 Å². The van der Waals surface area contributed by atoms with Crippen LogP contribution in [0.2, 0.25) is 5.02 Å². The Kier molecular flexibility index (Phi) is 10.8. The van der Waals surface area contributed by atoms with Crippen LogP contribution < -0.4 is 19.8 Å². The van der Waals surface area contributed by atoms with Crippen molar-refractivity contribution in [2.45, 2.75) is 18.4 Å². The first kappa shape index (κ1) is 33.8. The Morgan fingerprint density at radius 2 is 1.58 bits per heavy atom. The highest BCUT2D eigenvalue weighted by atomic mass is 35.5. The number of hydrazone groups is 1. The maximum atomic E-state index is 13.7. The van der Waals surface area contributed by atoms with Crippen molar-refractivity contribution >= 4 is 51.0 Å². The van der Waals surface area contributed by atoms with Gasteiger partial charge < -0.3 is 10.1 Å². The fraction of sp³-hybridized carbons (Fsp3) is 0.0833. The molecule has 0 aliphatic carbocycles. The average Bonchev–Trinajstić information content (AvgIpc) is 3.09. The van der Waals surface area contributed by atoms with Gasteiger partial charge >= 0.3 is 0 Å². The number of halogens is 2. The minimum atomic E-state index is -3.94. The second kappa shape index (κ2) is 15.4. The minimum Gasteiger partial charge on any atom is -0.484 e. The molecule has 0 fully saturated rings. The number of anilines is 2. The number of ether oxygens (including phenoxy) is 1. The minimum absolute atomic E-state index is 0.0110. The Morgan fingerprint density at radius 1 is 0.896 bits per heavy atom. The average molecular weight is 685 g/mol. The van der Waals surface area contributed by atoms with E-state index in [-0.39, 0.29) is 18.0 Å². The van der Waals surface area contributed by atoms with Gasteiger partial charge in [0.2, 0.25) is 0 Å². The van der Waals surface area contributed by atoms with E-state index in [1.165, 1.54) is 46.9 Å². The van der Waals surface area contributed by atoms with Crippen molar-refractivity contribution in [1.82, 2.24) is 5.43 Å². The lowest BCUT2D eigenvalue weighted by Gasteiger charge is -2.26. The lowest BCUT2D eigenvalue weighted by atomic mass is 10.1. The molecule has 0 aliphatic rings. The fourth-order valence-corrected chi connectivity index (χ4v) is 6.25. The summed E-state index contributed by atoms with van der Waals surface area (Å²) in [5.41, 5.74) is 5.78. The van der Waals surface area contributed by atoms with Crippen LogP contribution in [-0.2, 0) is 21.4 Å². The quantitative estimate of drug-likeness (QED) is 0.109. The maximum absolute atomic E-state index is 13.7. The van der Waals surface area contributed by atoms with Crippen molar-refractivity contribution in [3.8, 4) is 5.75 Å². The molecule has 12 heteroatoms. The molecule has 0 saturated heterocycles. The van der Waals surface area contributed by atoms with Gasteiger partial charge in [-0.05, 0) is 109 Å². The maximum Gasteiger partial charge on any atom is 0.271 e. The van der Waals surface area contributed by atoms with Crippen LogP contribution in [-0.4, -0.2) is 33.1 Å². The molecule has 2 N–H and O–H groups in total. The Bertz CT molecular complexity index is 2020. The van der Waals surface area contributed by atoms with Crippen molar-refractivity contribution in [1.29, 1.82) is 0 Å². The molecular formula is C36H30ClFN4O5S. The summed E-state index contributed by atoms with van der Waals surface area (Å²) in [5, 5.41) is 7.03. The number of rotatable bonds is 12. The van der Waals surface area contributed by atoms with Gasteiger partial charge in [-0.15, -0.1) is 0 Å². The molecule has 9 nitrogen and oxygen atoms in total.